The minimum absolute atomic E-state index is 0.0621. The summed E-state index contributed by atoms with van der Waals surface area (Å²) in [6.45, 7) is 1.68. The molecule has 0 aliphatic carbocycles. The number of aryl methyl sites for hydroxylation is 1. The van der Waals surface area contributed by atoms with Crippen LogP contribution in [0.3, 0.4) is 0 Å². The molecule has 2 aromatic heterocycles. The van der Waals surface area contributed by atoms with Gasteiger partial charge in [-0.25, -0.2) is 9.37 Å². The van der Waals surface area contributed by atoms with Gasteiger partial charge in [-0.15, -0.1) is 0 Å². The summed E-state index contributed by atoms with van der Waals surface area (Å²) in [5, 5.41) is 15.7. The van der Waals surface area contributed by atoms with Crippen LogP contribution in [0.2, 0.25) is 0 Å². The second-order valence-electron chi connectivity index (χ2n) is 4.61. The lowest BCUT2D eigenvalue weighted by Gasteiger charge is -1.98. The van der Waals surface area contributed by atoms with Crippen LogP contribution in [0.15, 0.2) is 29.1 Å². The fourth-order valence-corrected chi connectivity index (χ4v) is 2.73. The normalized spacial score (nSPS) is 11.4. The van der Waals surface area contributed by atoms with E-state index in [2.05, 4.69) is 10.1 Å². The van der Waals surface area contributed by atoms with Crippen LogP contribution < -0.4 is 5.56 Å². The molecule has 0 fully saturated rings. The molecule has 1 aromatic carbocycles. The van der Waals surface area contributed by atoms with Crippen molar-refractivity contribution in [2.75, 3.05) is 0 Å². The maximum absolute atomic E-state index is 12.9. The lowest BCUT2D eigenvalue weighted by molar-refractivity contribution is -0.386. The van der Waals surface area contributed by atoms with Gasteiger partial charge in [0.25, 0.3) is 0 Å². The molecule has 0 saturated heterocycles. The molecule has 0 aliphatic rings. The Balaban J connectivity index is 2.15. The van der Waals surface area contributed by atoms with Crippen molar-refractivity contribution in [1.82, 2.24) is 14.6 Å². The van der Waals surface area contributed by atoms with Crippen molar-refractivity contribution in [2.24, 2.45) is 0 Å². The highest BCUT2D eigenvalue weighted by Gasteiger charge is 2.23. The van der Waals surface area contributed by atoms with Crippen molar-refractivity contribution in [3.05, 3.63) is 66.8 Å². The SMILES string of the molecule is Cc1nn2c(=O)c([N+](=O)[O-])c(/C=C/c3ccc(F)cc3)nc2s1. The van der Waals surface area contributed by atoms with Crippen LogP contribution in [-0.4, -0.2) is 19.5 Å². The maximum atomic E-state index is 12.9. The summed E-state index contributed by atoms with van der Waals surface area (Å²) in [5.41, 5.74) is -0.912. The molecule has 2 heterocycles. The summed E-state index contributed by atoms with van der Waals surface area (Å²) in [6, 6.07) is 5.57. The molecule has 3 aromatic rings. The van der Waals surface area contributed by atoms with Crippen molar-refractivity contribution in [3.8, 4) is 0 Å². The van der Waals surface area contributed by atoms with E-state index in [9.17, 15) is 19.3 Å². The molecular formula is C14H9FN4O3S. The highest BCUT2D eigenvalue weighted by Crippen LogP contribution is 2.19. The number of hydrogen-bond acceptors (Lipinski definition) is 6. The minimum Gasteiger partial charge on any atom is -0.259 e. The fourth-order valence-electron chi connectivity index (χ4n) is 1.98. The van der Waals surface area contributed by atoms with Crippen molar-refractivity contribution >= 4 is 34.1 Å². The molecule has 0 saturated carbocycles. The third-order valence-corrected chi connectivity index (χ3v) is 3.82. The zero-order valence-electron chi connectivity index (χ0n) is 11.8. The van der Waals surface area contributed by atoms with Gasteiger partial charge in [-0.2, -0.15) is 9.61 Å². The van der Waals surface area contributed by atoms with Crippen molar-refractivity contribution in [2.45, 2.75) is 6.92 Å². The average Bonchev–Trinajstić information content (AvgIpc) is 2.87. The van der Waals surface area contributed by atoms with Gasteiger partial charge in [0.15, 0.2) is 5.69 Å². The van der Waals surface area contributed by atoms with Crippen LogP contribution in [0.1, 0.15) is 16.3 Å². The Morgan fingerprint density at radius 1 is 1.30 bits per heavy atom. The fraction of sp³-hybridized carbons (Fsp3) is 0.0714. The minimum atomic E-state index is -0.830. The van der Waals surface area contributed by atoms with E-state index in [0.717, 1.165) is 15.9 Å². The number of benzene rings is 1. The van der Waals surface area contributed by atoms with E-state index >= 15 is 0 Å². The number of rotatable bonds is 3. The van der Waals surface area contributed by atoms with Gasteiger partial charge in [0.1, 0.15) is 10.8 Å². The number of aromatic nitrogens is 3. The standard InChI is InChI=1S/C14H9FN4O3S/c1-8-17-18-13(20)12(19(21)22)11(16-14(18)23-8)7-4-9-2-5-10(15)6-3-9/h2-7H,1H3/b7-4+. The van der Waals surface area contributed by atoms with Gasteiger partial charge in [0.05, 0.1) is 4.92 Å². The highest BCUT2D eigenvalue weighted by atomic mass is 32.1. The number of nitro groups is 1. The molecule has 0 aliphatic heterocycles. The third kappa shape index (κ3) is 2.86. The Bertz CT molecular complexity index is 992. The molecule has 0 atom stereocenters. The first-order valence-electron chi connectivity index (χ1n) is 6.44. The Labute approximate surface area is 132 Å². The average molecular weight is 332 g/mol. The van der Waals surface area contributed by atoms with Crippen molar-refractivity contribution < 1.29 is 9.31 Å². The van der Waals surface area contributed by atoms with Gasteiger partial charge in [-0.05, 0) is 30.7 Å². The van der Waals surface area contributed by atoms with Gasteiger partial charge in [-0.1, -0.05) is 29.5 Å². The topological polar surface area (TPSA) is 90.4 Å². The lowest BCUT2D eigenvalue weighted by Crippen LogP contribution is -2.20. The molecule has 0 unspecified atom stereocenters. The Morgan fingerprint density at radius 2 is 2.00 bits per heavy atom. The molecule has 0 bridgehead atoms. The van der Waals surface area contributed by atoms with Gasteiger partial charge in [0.2, 0.25) is 4.96 Å². The quantitative estimate of drug-likeness (QED) is 0.543. The molecule has 9 heteroatoms. The summed E-state index contributed by atoms with van der Waals surface area (Å²) in [5.74, 6) is -0.383. The van der Waals surface area contributed by atoms with Crippen molar-refractivity contribution in [1.29, 1.82) is 0 Å². The van der Waals surface area contributed by atoms with E-state index < -0.39 is 16.2 Å². The van der Waals surface area contributed by atoms with E-state index in [1.807, 2.05) is 0 Å². The summed E-state index contributed by atoms with van der Waals surface area (Å²) in [4.78, 5) is 27.0. The van der Waals surface area contributed by atoms with Crippen LogP contribution in [0, 0.1) is 22.9 Å². The zero-order chi connectivity index (χ0) is 16.6. The smallest absolute Gasteiger partial charge is 0.259 e. The molecular weight excluding hydrogens is 323 g/mol. The number of halogens is 1. The Kier molecular flexibility index (Phi) is 3.70. The van der Waals surface area contributed by atoms with Gasteiger partial charge >= 0.3 is 11.2 Å². The summed E-state index contributed by atoms with van der Waals surface area (Å²) >= 11 is 1.16. The van der Waals surface area contributed by atoms with Crippen LogP contribution in [0.5, 0.6) is 0 Å². The van der Waals surface area contributed by atoms with Crippen molar-refractivity contribution in [3.63, 3.8) is 0 Å². The van der Waals surface area contributed by atoms with Crippen LogP contribution in [0.4, 0.5) is 10.1 Å². The molecule has 0 N–H and O–H groups in total. The Hall–Kier alpha value is -2.94. The lowest BCUT2D eigenvalue weighted by atomic mass is 10.2. The summed E-state index contributed by atoms with van der Waals surface area (Å²) < 4.78 is 13.8. The molecule has 3 rings (SSSR count). The first kappa shape index (κ1) is 15.0. The summed E-state index contributed by atoms with van der Waals surface area (Å²) in [7, 11) is 0. The largest absolute Gasteiger partial charge is 0.361 e. The van der Waals surface area contributed by atoms with Crippen LogP contribution >= 0.6 is 11.3 Å². The molecule has 23 heavy (non-hydrogen) atoms. The van der Waals surface area contributed by atoms with Crippen LogP contribution in [-0.2, 0) is 0 Å². The Morgan fingerprint density at radius 3 is 2.65 bits per heavy atom. The molecule has 116 valence electrons. The predicted molar refractivity (Wildman–Crippen MR) is 83.9 cm³/mol. The first-order valence-corrected chi connectivity index (χ1v) is 7.26. The second kappa shape index (κ2) is 5.69. The monoisotopic (exact) mass is 332 g/mol. The van der Waals surface area contributed by atoms with E-state index in [4.69, 9.17) is 0 Å². The van der Waals surface area contributed by atoms with E-state index in [1.165, 1.54) is 36.4 Å². The van der Waals surface area contributed by atoms with E-state index in [-0.39, 0.29) is 16.5 Å². The maximum Gasteiger partial charge on any atom is 0.361 e. The van der Waals surface area contributed by atoms with Gasteiger partial charge in [-0.3, -0.25) is 14.9 Å². The highest BCUT2D eigenvalue weighted by molar-refractivity contribution is 7.16. The second-order valence-corrected chi connectivity index (χ2v) is 5.77. The van der Waals surface area contributed by atoms with Gasteiger partial charge in [0, 0.05) is 0 Å². The molecule has 0 spiro atoms. The number of hydrogen-bond donors (Lipinski definition) is 0. The molecule has 7 nitrogen and oxygen atoms in total. The third-order valence-electron chi connectivity index (χ3n) is 3.00. The van der Waals surface area contributed by atoms with E-state index in [1.54, 1.807) is 6.92 Å². The predicted octanol–water partition coefficient (Wildman–Crippen LogP) is 2.68. The summed E-state index contributed by atoms with van der Waals surface area (Å²) in [6.07, 6.45) is 2.89. The van der Waals surface area contributed by atoms with Crippen LogP contribution in [0.25, 0.3) is 17.1 Å². The van der Waals surface area contributed by atoms with E-state index in [0.29, 0.717) is 10.6 Å². The number of fused-ring (bicyclic) bond motifs is 1. The first-order chi connectivity index (χ1) is 11.0. The number of nitrogens with zero attached hydrogens (tertiary/aromatic N) is 4. The molecule has 0 radical (unpaired) electrons. The molecule has 0 amide bonds. The zero-order valence-corrected chi connectivity index (χ0v) is 12.6. The van der Waals surface area contributed by atoms with Gasteiger partial charge < -0.3 is 0 Å².